The molecule has 1 aromatic rings. The molecule has 2 N–H and O–H groups in total. The standard InChI is InChI=1S/C11H13NO4/c1-11(2)15-8-5-3-4-7(9(8)16-11)6-12-10(13)14/h3-5,12H,6H2,1-2H3,(H,13,14). The molecule has 0 saturated carbocycles. The van der Waals surface area contributed by atoms with Crippen LogP contribution in [-0.4, -0.2) is 17.0 Å². The smallest absolute Gasteiger partial charge is 0.404 e. The molecule has 0 aromatic heterocycles. The van der Waals surface area contributed by atoms with Crippen molar-refractivity contribution in [2.45, 2.75) is 26.2 Å². The van der Waals surface area contributed by atoms with Gasteiger partial charge in [-0.2, -0.15) is 0 Å². The number of rotatable bonds is 2. The Morgan fingerprint density at radius 3 is 2.88 bits per heavy atom. The third-order valence-electron chi connectivity index (χ3n) is 2.19. The van der Waals surface area contributed by atoms with E-state index in [4.69, 9.17) is 14.6 Å². The van der Waals surface area contributed by atoms with Gasteiger partial charge in [0.05, 0.1) is 0 Å². The molecule has 16 heavy (non-hydrogen) atoms. The van der Waals surface area contributed by atoms with Gasteiger partial charge in [-0.25, -0.2) is 4.79 Å². The predicted octanol–water partition coefficient (Wildman–Crippen LogP) is 1.96. The summed E-state index contributed by atoms with van der Waals surface area (Å²) in [6.45, 7) is 3.82. The third-order valence-corrected chi connectivity index (χ3v) is 2.19. The molecule has 1 heterocycles. The Labute approximate surface area is 93.0 Å². The van der Waals surface area contributed by atoms with Crippen LogP contribution in [0.1, 0.15) is 19.4 Å². The van der Waals surface area contributed by atoms with Gasteiger partial charge in [0.25, 0.3) is 0 Å². The molecule has 0 aliphatic carbocycles. The molecule has 5 heteroatoms. The summed E-state index contributed by atoms with van der Waals surface area (Å²) < 4.78 is 11.1. The Bertz CT molecular complexity index is 428. The van der Waals surface area contributed by atoms with Crippen LogP contribution in [0.3, 0.4) is 0 Å². The van der Waals surface area contributed by atoms with Gasteiger partial charge in [-0.05, 0) is 6.07 Å². The lowest BCUT2D eigenvalue weighted by molar-refractivity contribution is -0.0435. The Hall–Kier alpha value is -1.91. The molecular weight excluding hydrogens is 210 g/mol. The van der Waals surface area contributed by atoms with Crippen molar-refractivity contribution in [1.82, 2.24) is 5.32 Å². The van der Waals surface area contributed by atoms with Crippen molar-refractivity contribution in [2.75, 3.05) is 0 Å². The van der Waals surface area contributed by atoms with Crippen molar-refractivity contribution in [3.05, 3.63) is 23.8 Å². The number of carbonyl (C=O) groups is 1. The number of hydrogen-bond donors (Lipinski definition) is 2. The quantitative estimate of drug-likeness (QED) is 0.804. The fraction of sp³-hybridized carbons (Fsp3) is 0.364. The number of benzene rings is 1. The van der Waals surface area contributed by atoms with E-state index in [1.54, 1.807) is 26.0 Å². The van der Waals surface area contributed by atoms with E-state index in [2.05, 4.69) is 5.32 Å². The van der Waals surface area contributed by atoms with Crippen molar-refractivity contribution in [1.29, 1.82) is 0 Å². The average Bonchev–Trinajstić information content (AvgIpc) is 2.48. The molecule has 0 saturated heterocycles. The second-order valence-corrected chi connectivity index (χ2v) is 4.01. The minimum Gasteiger partial charge on any atom is -0.465 e. The molecule has 0 spiro atoms. The van der Waals surface area contributed by atoms with Crippen LogP contribution >= 0.6 is 0 Å². The van der Waals surface area contributed by atoms with Gasteiger partial charge in [0.15, 0.2) is 11.5 Å². The molecule has 1 amide bonds. The number of hydrogen-bond acceptors (Lipinski definition) is 3. The van der Waals surface area contributed by atoms with Crippen LogP contribution in [0.5, 0.6) is 11.5 Å². The van der Waals surface area contributed by atoms with Gasteiger partial charge in [0, 0.05) is 26.0 Å². The highest BCUT2D eigenvalue weighted by molar-refractivity contribution is 5.64. The van der Waals surface area contributed by atoms with Crippen LogP contribution < -0.4 is 14.8 Å². The van der Waals surface area contributed by atoms with Gasteiger partial charge < -0.3 is 19.9 Å². The summed E-state index contributed by atoms with van der Waals surface area (Å²) in [5, 5.41) is 10.8. The van der Waals surface area contributed by atoms with Crippen LogP contribution in [0.15, 0.2) is 18.2 Å². The molecule has 0 radical (unpaired) electrons. The monoisotopic (exact) mass is 223 g/mol. The van der Waals surface area contributed by atoms with Crippen LogP contribution in [0, 0.1) is 0 Å². The van der Waals surface area contributed by atoms with E-state index in [1.807, 2.05) is 6.07 Å². The Morgan fingerprint density at radius 2 is 2.19 bits per heavy atom. The van der Waals surface area contributed by atoms with E-state index in [9.17, 15) is 4.79 Å². The zero-order valence-electron chi connectivity index (χ0n) is 9.11. The maximum Gasteiger partial charge on any atom is 0.404 e. The molecule has 2 rings (SSSR count). The minimum atomic E-state index is -1.06. The maximum absolute atomic E-state index is 10.4. The average molecular weight is 223 g/mol. The lowest BCUT2D eigenvalue weighted by atomic mass is 10.2. The first-order valence-corrected chi connectivity index (χ1v) is 4.95. The lowest BCUT2D eigenvalue weighted by Gasteiger charge is -2.16. The summed E-state index contributed by atoms with van der Waals surface area (Å²) in [5.41, 5.74) is 0.769. The van der Waals surface area contributed by atoms with Crippen molar-refractivity contribution >= 4 is 6.09 Å². The predicted molar refractivity (Wildman–Crippen MR) is 56.6 cm³/mol. The Balaban J connectivity index is 2.23. The second kappa shape index (κ2) is 3.59. The molecule has 1 aliphatic heterocycles. The summed E-state index contributed by atoms with van der Waals surface area (Å²) in [7, 11) is 0. The van der Waals surface area contributed by atoms with Crippen molar-refractivity contribution < 1.29 is 19.4 Å². The lowest BCUT2D eigenvalue weighted by Crippen LogP contribution is -2.30. The summed E-state index contributed by atoms with van der Waals surface area (Å²) in [6, 6.07) is 5.41. The largest absolute Gasteiger partial charge is 0.465 e. The second-order valence-electron chi connectivity index (χ2n) is 4.01. The molecule has 86 valence electrons. The van der Waals surface area contributed by atoms with Crippen molar-refractivity contribution in [3.8, 4) is 11.5 Å². The number of carboxylic acid groups (broad SMARTS) is 1. The normalized spacial score (nSPS) is 15.9. The zero-order valence-corrected chi connectivity index (χ0v) is 9.11. The van der Waals surface area contributed by atoms with Gasteiger partial charge in [-0.15, -0.1) is 0 Å². The Kier molecular flexibility index (Phi) is 2.38. The number of nitrogens with one attached hydrogen (secondary N) is 1. The fourth-order valence-electron chi connectivity index (χ4n) is 1.60. The number of fused-ring (bicyclic) bond motifs is 1. The first kappa shape index (κ1) is 10.6. The SMILES string of the molecule is CC1(C)Oc2cccc(CNC(=O)O)c2O1. The van der Waals surface area contributed by atoms with E-state index >= 15 is 0 Å². The van der Waals surface area contributed by atoms with Gasteiger partial charge in [-0.3, -0.25) is 0 Å². The third kappa shape index (κ3) is 2.03. The molecule has 5 nitrogen and oxygen atoms in total. The maximum atomic E-state index is 10.4. The van der Waals surface area contributed by atoms with Gasteiger partial charge >= 0.3 is 6.09 Å². The highest BCUT2D eigenvalue weighted by Crippen LogP contribution is 2.41. The van der Waals surface area contributed by atoms with Crippen LogP contribution in [0.2, 0.25) is 0 Å². The summed E-state index contributed by atoms with van der Waals surface area (Å²) in [5.74, 6) is 0.567. The summed E-state index contributed by atoms with van der Waals surface area (Å²) >= 11 is 0. The number of para-hydroxylation sites is 1. The number of ether oxygens (including phenoxy) is 2. The molecule has 1 aromatic carbocycles. The van der Waals surface area contributed by atoms with Crippen LogP contribution in [-0.2, 0) is 6.54 Å². The highest BCUT2D eigenvalue weighted by atomic mass is 16.7. The van der Waals surface area contributed by atoms with Gasteiger partial charge in [0.2, 0.25) is 5.79 Å². The number of amides is 1. The van der Waals surface area contributed by atoms with Crippen LogP contribution in [0.25, 0.3) is 0 Å². The first-order chi connectivity index (χ1) is 7.48. The van der Waals surface area contributed by atoms with Crippen molar-refractivity contribution in [2.24, 2.45) is 0 Å². The van der Waals surface area contributed by atoms with E-state index < -0.39 is 11.9 Å². The summed E-state index contributed by atoms with van der Waals surface area (Å²) in [6.07, 6.45) is -1.06. The zero-order chi connectivity index (χ0) is 11.8. The topological polar surface area (TPSA) is 67.8 Å². The van der Waals surface area contributed by atoms with E-state index in [1.165, 1.54) is 0 Å². The van der Waals surface area contributed by atoms with Crippen LogP contribution in [0.4, 0.5) is 4.79 Å². The van der Waals surface area contributed by atoms with E-state index in [-0.39, 0.29) is 6.54 Å². The molecular formula is C11H13NO4. The molecule has 0 unspecified atom stereocenters. The first-order valence-electron chi connectivity index (χ1n) is 4.95. The van der Waals surface area contributed by atoms with Crippen molar-refractivity contribution in [3.63, 3.8) is 0 Å². The van der Waals surface area contributed by atoms with E-state index in [0.29, 0.717) is 11.5 Å². The molecule has 0 bridgehead atoms. The molecule has 0 fully saturated rings. The Morgan fingerprint density at radius 1 is 1.44 bits per heavy atom. The van der Waals surface area contributed by atoms with Gasteiger partial charge in [0.1, 0.15) is 0 Å². The van der Waals surface area contributed by atoms with E-state index in [0.717, 1.165) is 5.56 Å². The van der Waals surface area contributed by atoms with Gasteiger partial charge in [-0.1, -0.05) is 12.1 Å². The molecule has 1 aliphatic rings. The fourth-order valence-corrected chi connectivity index (χ4v) is 1.60. The summed E-state index contributed by atoms with van der Waals surface area (Å²) in [4.78, 5) is 10.4. The molecule has 0 atom stereocenters. The highest BCUT2D eigenvalue weighted by Gasteiger charge is 2.33. The minimum absolute atomic E-state index is 0.206.